The van der Waals surface area contributed by atoms with Crippen LogP contribution in [0.2, 0.25) is 5.02 Å². The van der Waals surface area contributed by atoms with E-state index in [9.17, 15) is 33.0 Å². The number of hydrogen-bond acceptors (Lipinski definition) is 7. The molecule has 4 atom stereocenters. The molecule has 3 fully saturated rings. The number of hydrogen-bond donors (Lipinski definition) is 3. The van der Waals surface area contributed by atoms with Gasteiger partial charge in [-0.1, -0.05) is 60.5 Å². The highest BCUT2D eigenvalue weighted by Gasteiger charge is 2.58. The third-order valence-corrected chi connectivity index (χ3v) is 14.2. The van der Waals surface area contributed by atoms with Gasteiger partial charge in [-0.05, 0) is 130 Å². The third-order valence-electron chi connectivity index (χ3n) is 13.9. The van der Waals surface area contributed by atoms with Crippen molar-refractivity contribution < 1.29 is 37.4 Å². The number of halogens is 4. The number of carbonyl (C=O) groups is 2. The average molecular weight is 830 g/mol. The van der Waals surface area contributed by atoms with Gasteiger partial charge in [-0.15, -0.1) is 0 Å². The van der Waals surface area contributed by atoms with Crippen LogP contribution >= 0.6 is 11.6 Å². The van der Waals surface area contributed by atoms with E-state index in [0.717, 1.165) is 35.0 Å². The topological polar surface area (TPSA) is 106 Å². The monoisotopic (exact) mass is 829 g/mol. The van der Waals surface area contributed by atoms with Crippen LogP contribution < -0.4 is 10.2 Å². The Morgan fingerprint density at radius 1 is 0.983 bits per heavy atom. The fourth-order valence-electron chi connectivity index (χ4n) is 10.3. The fraction of sp³-hybridized carbons (Fsp3) is 0.447. The first-order valence-electron chi connectivity index (χ1n) is 20.6. The molecule has 2 aliphatic heterocycles. The lowest BCUT2D eigenvalue weighted by Gasteiger charge is -2.49. The molecule has 5 aliphatic rings. The number of amides is 1. The van der Waals surface area contributed by atoms with E-state index in [1.807, 2.05) is 48.5 Å². The first kappa shape index (κ1) is 41.3. The van der Waals surface area contributed by atoms with E-state index in [2.05, 4.69) is 35.0 Å². The molecule has 3 heterocycles. The van der Waals surface area contributed by atoms with E-state index in [0.29, 0.717) is 89.7 Å². The molecule has 1 spiro atoms. The summed E-state index contributed by atoms with van der Waals surface area (Å²) in [6, 6.07) is 21.6. The number of aliphatic hydroxyl groups is 2. The Labute approximate surface area is 348 Å². The van der Waals surface area contributed by atoms with Crippen LogP contribution in [-0.4, -0.2) is 70.4 Å². The first-order chi connectivity index (χ1) is 28.1. The zero-order valence-electron chi connectivity index (χ0n) is 33.5. The fourth-order valence-corrected chi connectivity index (χ4v) is 10.5. The summed E-state index contributed by atoms with van der Waals surface area (Å²) in [5.41, 5.74) is 0.764. The molecule has 2 bridgehead atoms. The van der Waals surface area contributed by atoms with Crippen molar-refractivity contribution >= 4 is 29.0 Å². The van der Waals surface area contributed by atoms with Crippen molar-refractivity contribution in [2.45, 2.75) is 101 Å². The molecule has 3 aliphatic carbocycles. The van der Waals surface area contributed by atoms with Gasteiger partial charge in [0.1, 0.15) is 11.3 Å². The Hall–Kier alpha value is -4.42. The summed E-state index contributed by atoms with van der Waals surface area (Å²) in [5, 5.41) is 27.2. The highest BCUT2D eigenvalue weighted by atomic mass is 35.5. The number of alkyl halides is 3. The van der Waals surface area contributed by atoms with Crippen LogP contribution in [0.25, 0.3) is 11.3 Å². The van der Waals surface area contributed by atoms with E-state index in [1.54, 1.807) is 0 Å². The van der Waals surface area contributed by atoms with Gasteiger partial charge in [0.2, 0.25) is 11.7 Å². The number of benzene rings is 3. The van der Waals surface area contributed by atoms with E-state index >= 15 is 0 Å². The number of nitrogens with one attached hydrogen (secondary N) is 1. The van der Waals surface area contributed by atoms with Crippen LogP contribution in [0.15, 0.2) is 94.9 Å². The minimum atomic E-state index is -4.60. The number of rotatable bonds is 6. The number of carbonyl (C=O) groups excluding carboxylic acids is 2. The van der Waals surface area contributed by atoms with Crippen molar-refractivity contribution in [1.82, 2.24) is 10.2 Å². The normalized spacial score (nSPS) is 26.4. The largest absolute Gasteiger partial charge is 0.453 e. The molecular formula is C47H51ClF3N3O5. The molecule has 3 aromatic carbocycles. The van der Waals surface area contributed by atoms with Crippen LogP contribution in [0.4, 0.5) is 18.9 Å². The van der Waals surface area contributed by atoms with Gasteiger partial charge in [-0.3, -0.25) is 9.59 Å². The number of piperidine rings is 1. The van der Waals surface area contributed by atoms with Gasteiger partial charge in [-0.25, -0.2) is 0 Å². The van der Waals surface area contributed by atoms with E-state index in [4.69, 9.17) is 16.0 Å². The van der Waals surface area contributed by atoms with Crippen molar-refractivity contribution in [3.63, 3.8) is 0 Å². The first-order valence-corrected chi connectivity index (χ1v) is 21.0. The molecular weight excluding hydrogens is 779 g/mol. The Bertz CT molecular complexity index is 2250. The minimum absolute atomic E-state index is 0.0221. The summed E-state index contributed by atoms with van der Waals surface area (Å²) in [7, 11) is 0. The van der Waals surface area contributed by atoms with Gasteiger partial charge >= 0.3 is 6.18 Å². The molecule has 312 valence electrons. The van der Waals surface area contributed by atoms with Crippen LogP contribution in [0.5, 0.6) is 0 Å². The van der Waals surface area contributed by atoms with Crippen LogP contribution in [0.3, 0.4) is 0 Å². The summed E-state index contributed by atoms with van der Waals surface area (Å²) in [4.78, 5) is 32.5. The Kier molecular flexibility index (Phi) is 11.1. The second kappa shape index (κ2) is 15.9. The SMILES string of the molecule is CC1=CCCC2(C)C(CCC2(O)CN2CCC3(CC2)C(=O)NCN3c2ccccc2)c2ccc(cc2C(=O)c2ccc(-c3cc(C(F)(F)F)ccc3Cl)o2)CC(O)CC1. The molecule has 1 saturated carbocycles. The molecule has 1 aromatic heterocycles. The average Bonchev–Trinajstić information content (AvgIpc) is 3.89. The summed E-state index contributed by atoms with van der Waals surface area (Å²) in [6.07, 6.45) is 2.28. The van der Waals surface area contributed by atoms with Gasteiger partial charge in [0.05, 0.1) is 29.0 Å². The minimum Gasteiger partial charge on any atom is -0.453 e. The highest BCUT2D eigenvalue weighted by Crippen LogP contribution is 2.59. The summed E-state index contributed by atoms with van der Waals surface area (Å²) in [6.45, 7) is 6.36. The zero-order chi connectivity index (χ0) is 41.7. The molecule has 8 nitrogen and oxygen atoms in total. The highest BCUT2D eigenvalue weighted by molar-refractivity contribution is 6.33. The second-order valence-electron chi connectivity index (χ2n) is 17.4. The van der Waals surface area contributed by atoms with Crippen LogP contribution in [-0.2, 0) is 17.4 Å². The molecule has 3 N–H and O–H groups in total. The summed E-state index contributed by atoms with van der Waals surface area (Å²) >= 11 is 6.35. The molecule has 59 heavy (non-hydrogen) atoms. The van der Waals surface area contributed by atoms with E-state index in [1.165, 1.54) is 17.7 Å². The summed E-state index contributed by atoms with van der Waals surface area (Å²) in [5.74, 6) is -0.655. The van der Waals surface area contributed by atoms with Gasteiger partial charge < -0.3 is 29.7 Å². The maximum Gasteiger partial charge on any atom is 0.416 e. The molecule has 4 aromatic rings. The third kappa shape index (κ3) is 7.75. The standard InChI is InChI=1S/C47H51ClF3N3O5/c1-30-7-6-19-44(2)38(18-20-46(44,58)28-53-23-21-45(22-24-53)43(57)52-29-54(45)33-8-4-3-5-9-33)35-14-11-31(25-34(55)13-10-30)26-36(35)42(56)41-17-16-40(59-41)37-27-32(47(49,50)51)12-15-39(37)48/h3-5,7-9,11-12,14-17,26-27,34,38,55,58H,6,10,13,18-25,28-29H2,1-2H3,(H,52,57). The number of ketones is 1. The van der Waals surface area contributed by atoms with Crippen molar-refractivity contribution in [2.24, 2.45) is 5.41 Å². The zero-order valence-corrected chi connectivity index (χ0v) is 34.2. The molecule has 2 saturated heterocycles. The van der Waals surface area contributed by atoms with Crippen LogP contribution in [0.1, 0.15) is 104 Å². The predicted octanol–water partition coefficient (Wildman–Crippen LogP) is 9.32. The van der Waals surface area contributed by atoms with E-state index < -0.39 is 40.2 Å². The number of β-amino-alcohol motifs (C(OH)–C–C–N with tert-alkyl or cyclic N) is 1. The van der Waals surface area contributed by atoms with Crippen molar-refractivity contribution in [3.05, 3.63) is 124 Å². The maximum atomic E-state index is 14.6. The van der Waals surface area contributed by atoms with Crippen molar-refractivity contribution in [2.75, 3.05) is 31.2 Å². The van der Waals surface area contributed by atoms with Crippen molar-refractivity contribution in [1.29, 1.82) is 0 Å². The predicted molar refractivity (Wildman–Crippen MR) is 221 cm³/mol. The van der Waals surface area contributed by atoms with Crippen LogP contribution in [0, 0.1) is 5.41 Å². The van der Waals surface area contributed by atoms with Gasteiger partial charge in [0.25, 0.3) is 0 Å². The molecule has 4 unspecified atom stereocenters. The smallest absolute Gasteiger partial charge is 0.416 e. The number of furan rings is 1. The number of likely N-dealkylation sites (tertiary alicyclic amines) is 1. The summed E-state index contributed by atoms with van der Waals surface area (Å²) < 4.78 is 46.9. The van der Waals surface area contributed by atoms with Gasteiger partial charge in [0.15, 0.2) is 5.76 Å². The van der Waals surface area contributed by atoms with Gasteiger partial charge in [0, 0.05) is 41.9 Å². The quantitative estimate of drug-likeness (QED) is 0.131. The number of para-hydroxylation sites is 1. The Balaban J connectivity index is 1.11. The molecule has 1 amide bonds. The number of allylic oxidation sites excluding steroid dienone is 2. The molecule has 0 radical (unpaired) electrons. The number of fused-ring (bicyclic) bond motifs is 8. The molecule has 9 rings (SSSR count). The lowest BCUT2D eigenvalue weighted by molar-refractivity contribution is -0.137. The van der Waals surface area contributed by atoms with Crippen molar-refractivity contribution in [3.8, 4) is 11.3 Å². The number of nitrogens with zero attached hydrogens (tertiary/aromatic N) is 2. The number of aliphatic hydroxyl groups excluding tert-OH is 1. The maximum absolute atomic E-state index is 14.6. The lowest BCUT2D eigenvalue weighted by Crippen LogP contribution is -2.59. The van der Waals surface area contributed by atoms with E-state index in [-0.39, 0.29) is 33.9 Å². The number of anilines is 1. The molecule has 12 heteroatoms. The Morgan fingerprint density at radius 3 is 2.49 bits per heavy atom. The van der Waals surface area contributed by atoms with Gasteiger partial charge in [-0.2, -0.15) is 13.2 Å². The second-order valence-corrected chi connectivity index (χ2v) is 17.8. The lowest BCUT2D eigenvalue weighted by atomic mass is 9.64. The Morgan fingerprint density at radius 2 is 1.75 bits per heavy atom.